The van der Waals surface area contributed by atoms with Crippen LogP contribution >= 0.6 is 0 Å². The van der Waals surface area contributed by atoms with Gasteiger partial charge in [-0.25, -0.2) is 14.3 Å². The van der Waals surface area contributed by atoms with Crippen LogP contribution in [0.1, 0.15) is 31.9 Å². The van der Waals surface area contributed by atoms with Gasteiger partial charge in [-0.2, -0.15) is 5.10 Å². The second kappa shape index (κ2) is 6.90. The van der Waals surface area contributed by atoms with Crippen molar-refractivity contribution in [1.82, 2.24) is 29.3 Å². The summed E-state index contributed by atoms with van der Waals surface area (Å²) in [5, 5.41) is 15.3. The van der Waals surface area contributed by atoms with Gasteiger partial charge in [0, 0.05) is 44.8 Å². The predicted octanol–water partition coefficient (Wildman–Crippen LogP) is 2.30. The van der Waals surface area contributed by atoms with Crippen LogP contribution in [0.2, 0.25) is 0 Å². The van der Waals surface area contributed by atoms with E-state index in [9.17, 15) is 4.79 Å². The van der Waals surface area contributed by atoms with Crippen LogP contribution < -0.4 is 10.6 Å². The maximum Gasteiger partial charge on any atom is 0.322 e. The number of hydrogen-bond acceptors (Lipinski definition) is 5. The Hall–Kier alpha value is -3.10. The van der Waals surface area contributed by atoms with Crippen LogP contribution in [0.5, 0.6) is 0 Å². The van der Waals surface area contributed by atoms with Gasteiger partial charge in [0.05, 0.1) is 11.4 Å². The molecule has 4 heterocycles. The van der Waals surface area contributed by atoms with E-state index < -0.39 is 0 Å². The number of imidazole rings is 1. The van der Waals surface area contributed by atoms with Crippen LogP contribution in [0.15, 0.2) is 30.7 Å². The maximum absolute atomic E-state index is 12.7. The normalized spacial score (nSPS) is 17.0. The number of carbonyl (C=O) groups is 1. The van der Waals surface area contributed by atoms with Gasteiger partial charge in [-0.05, 0) is 24.5 Å². The first-order chi connectivity index (χ1) is 13.0. The Morgan fingerprint density at radius 3 is 2.96 bits per heavy atom. The highest BCUT2D eigenvalue weighted by molar-refractivity contribution is 5.90. The second-order valence-corrected chi connectivity index (χ2v) is 7.21. The lowest BCUT2D eigenvalue weighted by molar-refractivity contribution is 0.222. The van der Waals surface area contributed by atoms with E-state index in [1.165, 1.54) is 0 Å². The Kier molecular flexibility index (Phi) is 4.43. The number of rotatable bonds is 4. The van der Waals surface area contributed by atoms with Crippen LogP contribution in [0.4, 0.5) is 16.3 Å². The fourth-order valence-corrected chi connectivity index (χ4v) is 3.39. The molecule has 1 atom stereocenters. The topological polar surface area (TPSA) is 92.4 Å². The summed E-state index contributed by atoms with van der Waals surface area (Å²) in [6.07, 6.45) is 6.26. The molecule has 3 aromatic heterocycles. The Morgan fingerprint density at radius 1 is 1.30 bits per heavy atom. The molecule has 0 saturated carbocycles. The number of nitrogens with one attached hydrogen (secondary N) is 2. The molecule has 142 valence electrons. The Bertz CT molecular complexity index is 959. The number of carbonyl (C=O) groups excluding carboxylic acids is 1. The minimum Gasteiger partial charge on any atom is -0.364 e. The summed E-state index contributed by atoms with van der Waals surface area (Å²) in [6, 6.07) is 3.91. The molecule has 3 aromatic rings. The first kappa shape index (κ1) is 17.3. The van der Waals surface area contributed by atoms with Crippen molar-refractivity contribution >= 4 is 23.2 Å². The van der Waals surface area contributed by atoms with Gasteiger partial charge in [0.25, 0.3) is 0 Å². The predicted molar refractivity (Wildman–Crippen MR) is 103 cm³/mol. The fraction of sp³-hybridized carbons (Fsp3) is 0.444. The highest BCUT2D eigenvalue weighted by Crippen LogP contribution is 2.23. The second-order valence-electron chi connectivity index (χ2n) is 7.21. The van der Waals surface area contributed by atoms with Gasteiger partial charge in [-0.15, -0.1) is 5.10 Å². The van der Waals surface area contributed by atoms with Crippen LogP contribution in [0.25, 0.3) is 5.65 Å². The monoisotopic (exact) mass is 368 g/mol. The number of fused-ring (bicyclic) bond motifs is 1. The number of urea groups is 1. The number of likely N-dealkylation sites (tertiary alicyclic amines) is 1. The molecule has 2 N–H and O–H groups in total. The average Bonchev–Trinajstić information content (AvgIpc) is 3.34. The molecule has 1 saturated heterocycles. The Balaban J connectivity index is 1.38. The maximum atomic E-state index is 12.7. The molecule has 9 heteroatoms. The first-order valence-corrected chi connectivity index (χ1v) is 9.16. The zero-order chi connectivity index (χ0) is 19.0. The quantitative estimate of drug-likeness (QED) is 0.737. The number of amides is 2. The van der Waals surface area contributed by atoms with Crippen molar-refractivity contribution in [3.05, 3.63) is 36.4 Å². The van der Waals surface area contributed by atoms with Crippen molar-refractivity contribution in [3.63, 3.8) is 0 Å². The summed E-state index contributed by atoms with van der Waals surface area (Å²) in [7, 11) is 1.86. The average molecular weight is 368 g/mol. The van der Waals surface area contributed by atoms with Crippen LogP contribution in [-0.4, -0.2) is 54.4 Å². The molecule has 0 spiro atoms. The van der Waals surface area contributed by atoms with Gasteiger partial charge in [0.2, 0.25) is 0 Å². The zero-order valence-corrected chi connectivity index (χ0v) is 15.8. The van der Waals surface area contributed by atoms with E-state index in [1.807, 2.05) is 36.5 Å². The summed E-state index contributed by atoms with van der Waals surface area (Å²) in [4.78, 5) is 18.7. The fourth-order valence-electron chi connectivity index (χ4n) is 3.39. The third-order valence-electron chi connectivity index (χ3n) is 4.73. The number of nitrogens with zero attached hydrogens (tertiary/aromatic N) is 6. The molecule has 27 heavy (non-hydrogen) atoms. The van der Waals surface area contributed by atoms with Crippen molar-refractivity contribution in [2.24, 2.45) is 7.05 Å². The van der Waals surface area contributed by atoms with E-state index in [-0.39, 0.29) is 18.0 Å². The van der Waals surface area contributed by atoms with Gasteiger partial charge in [0.1, 0.15) is 5.82 Å². The Labute approximate surface area is 157 Å². The van der Waals surface area contributed by atoms with E-state index in [4.69, 9.17) is 0 Å². The van der Waals surface area contributed by atoms with E-state index in [0.29, 0.717) is 13.1 Å². The van der Waals surface area contributed by atoms with Gasteiger partial charge in [-0.1, -0.05) is 13.8 Å². The number of hydrogen-bond donors (Lipinski definition) is 2. The van der Waals surface area contributed by atoms with Gasteiger partial charge < -0.3 is 15.5 Å². The number of aryl methyl sites for hydroxylation is 1. The molecule has 0 bridgehead atoms. The van der Waals surface area contributed by atoms with E-state index >= 15 is 0 Å². The van der Waals surface area contributed by atoms with E-state index in [2.05, 4.69) is 39.7 Å². The molecule has 0 unspecified atom stereocenters. The smallest absolute Gasteiger partial charge is 0.322 e. The SMILES string of the molecule is CC(C)c1nn(C)cc1NC(=O)N1CC[C@@H](Nc2ccc3nccn3n2)C1. The molecular weight excluding hydrogens is 344 g/mol. The van der Waals surface area contributed by atoms with Gasteiger partial charge in [-0.3, -0.25) is 4.68 Å². The molecule has 9 nitrogen and oxygen atoms in total. The minimum atomic E-state index is -0.0905. The van der Waals surface area contributed by atoms with Crippen LogP contribution in [0, 0.1) is 0 Å². The summed E-state index contributed by atoms with van der Waals surface area (Å²) in [6.45, 7) is 5.47. The standard InChI is InChI=1S/C18H24N8O/c1-12(2)17-14(11-24(3)23-17)21-18(27)25-8-6-13(10-25)20-15-4-5-16-19-7-9-26(16)22-15/h4-5,7,9,11-13H,6,8,10H2,1-3H3,(H,20,22)(H,21,27)/t13-/m1/s1. The summed E-state index contributed by atoms with van der Waals surface area (Å²) in [5.74, 6) is 1.03. The lowest BCUT2D eigenvalue weighted by Gasteiger charge is -2.18. The highest BCUT2D eigenvalue weighted by Gasteiger charge is 2.27. The molecular formula is C18H24N8O. The molecule has 0 radical (unpaired) electrons. The van der Waals surface area contributed by atoms with Crippen molar-refractivity contribution in [3.8, 4) is 0 Å². The van der Waals surface area contributed by atoms with Gasteiger partial charge in [0.15, 0.2) is 5.65 Å². The first-order valence-electron chi connectivity index (χ1n) is 9.16. The van der Waals surface area contributed by atoms with Crippen molar-refractivity contribution < 1.29 is 4.79 Å². The largest absolute Gasteiger partial charge is 0.364 e. The highest BCUT2D eigenvalue weighted by atomic mass is 16.2. The van der Waals surface area contributed by atoms with Gasteiger partial charge >= 0.3 is 6.03 Å². The zero-order valence-electron chi connectivity index (χ0n) is 15.8. The number of anilines is 2. The van der Waals surface area contributed by atoms with Crippen LogP contribution in [0.3, 0.4) is 0 Å². The molecule has 2 amide bonds. The Morgan fingerprint density at radius 2 is 2.15 bits per heavy atom. The summed E-state index contributed by atoms with van der Waals surface area (Å²) < 4.78 is 3.47. The lowest BCUT2D eigenvalue weighted by atomic mass is 10.1. The third-order valence-corrected chi connectivity index (χ3v) is 4.73. The van der Waals surface area contributed by atoms with E-state index in [1.54, 1.807) is 15.4 Å². The molecule has 1 fully saturated rings. The molecule has 1 aliphatic heterocycles. The molecule has 0 aromatic carbocycles. The minimum absolute atomic E-state index is 0.0905. The van der Waals surface area contributed by atoms with Crippen molar-refractivity contribution in [1.29, 1.82) is 0 Å². The summed E-state index contributed by atoms with van der Waals surface area (Å²) in [5.41, 5.74) is 2.49. The third kappa shape index (κ3) is 3.57. The molecule has 4 rings (SSSR count). The van der Waals surface area contributed by atoms with Crippen molar-refractivity contribution in [2.75, 3.05) is 23.7 Å². The molecule has 0 aliphatic carbocycles. The van der Waals surface area contributed by atoms with Crippen molar-refractivity contribution in [2.45, 2.75) is 32.2 Å². The lowest BCUT2D eigenvalue weighted by Crippen LogP contribution is -2.35. The van der Waals surface area contributed by atoms with Crippen LogP contribution in [-0.2, 0) is 7.05 Å². The number of aromatic nitrogens is 5. The van der Waals surface area contributed by atoms with E-state index in [0.717, 1.165) is 29.3 Å². The summed E-state index contributed by atoms with van der Waals surface area (Å²) >= 11 is 0. The molecule has 1 aliphatic rings.